The molecule has 0 bridgehead atoms. The number of thiazole rings is 1. The van der Waals surface area contributed by atoms with Gasteiger partial charge in [-0.1, -0.05) is 23.5 Å². The highest BCUT2D eigenvalue weighted by Crippen LogP contribution is 2.31. The topological polar surface area (TPSA) is 64.1 Å². The average Bonchev–Trinajstić information content (AvgIpc) is 3.10. The lowest BCUT2D eigenvalue weighted by molar-refractivity contribution is -0.123. The number of hydrogen-bond donors (Lipinski definition) is 1. The summed E-state index contributed by atoms with van der Waals surface area (Å²) in [5.41, 5.74) is 0.928. The number of nitrogens with one attached hydrogen (secondary N) is 1. The first-order chi connectivity index (χ1) is 12.2. The minimum Gasteiger partial charge on any atom is -0.381 e. The van der Waals surface area contributed by atoms with Gasteiger partial charge in [0, 0.05) is 30.5 Å². The third-order valence-electron chi connectivity index (χ3n) is 4.24. The summed E-state index contributed by atoms with van der Waals surface area (Å²) in [5.74, 6) is -0.666. The lowest BCUT2D eigenvalue weighted by Gasteiger charge is -2.20. The third kappa shape index (κ3) is 3.52. The van der Waals surface area contributed by atoms with Crippen molar-refractivity contribution < 1.29 is 13.9 Å². The molecule has 128 valence electrons. The van der Waals surface area contributed by atoms with Crippen molar-refractivity contribution in [3.63, 3.8) is 0 Å². The second-order valence-electron chi connectivity index (χ2n) is 6.00. The van der Waals surface area contributed by atoms with Gasteiger partial charge in [-0.3, -0.25) is 4.79 Å². The molecule has 4 rings (SSSR count). The van der Waals surface area contributed by atoms with Crippen LogP contribution >= 0.6 is 11.3 Å². The largest absolute Gasteiger partial charge is 0.381 e. The molecule has 1 aliphatic heterocycles. The Morgan fingerprint density at radius 1 is 1.24 bits per heavy atom. The Balaban J connectivity index is 1.53. The van der Waals surface area contributed by atoms with Crippen molar-refractivity contribution in [2.75, 3.05) is 18.5 Å². The summed E-state index contributed by atoms with van der Waals surface area (Å²) in [6, 6.07) is 7.14. The molecule has 0 saturated carbocycles. The van der Waals surface area contributed by atoms with Crippen molar-refractivity contribution in [3.05, 3.63) is 42.6 Å². The zero-order valence-corrected chi connectivity index (χ0v) is 14.2. The second kappa shape index (κ2) is 6.85. The minimum atomic E-state index is -0.503. The van der Waals surface area contributed by atoms with Crippen molar-refractivity contribution in [2.45, 2.75) is 12.8 Å². The Labute approximate surface area is 147 Å². The fourth-order valence-corrected chi connectivity index (χ4v) is 3.70. The Morgan fingerprint density at radius 3 is 3.00 bits per heavy atom. The molecule has 1 aromatic carbocycles. The van der Waals surface area contributed by atoms with Crippen molar-refractivity contribution in [2.24, 2.45) is 5.92 Å². The molecule has 5 nitrogen and oxygen atoms in total. The van der Waals surface area contributed by atoms with Gasteiger partial charge in [0.15, 0.2) is 5.13 Å². The number of amides is 1. The van der Waals surface area contributed by atoms with Gasteiger partial charge in [0.1, 0.15) is 0 Å². The molecule has 2 aromatic heterocycles. The number of pyridine rings is 1. The summed E-state index contributed by atoms with van der Waals surface area (Å²) in [7, 11) is 0. The van der Waals surface area contributed by atoms with Crippen LogP contribution in [0, 0.1) is 11.9 Å². The van der Waals surface area contributed by atoms with E-state index in [4.69, 9.17) is 4.74 Å². The predicted molar refractivity (Wildman–Crippen MR) is 95.0 cm³/mol. The maximum atomic E-state index is 13.3. The van der Waals surface area contributed by atoms with E-state index < -0.39 is 5.95 Å². The number of carbonyl (C=O) groups is 1. The highest BCUT2D eigenvalue weighted by atomic mass is 32.1. The summed E-state index contributed by atoms with van der Waals surface area (Å²) >= 11 is 1.40. The quantitative estimate of drug-likeness (QED) is 0.723. The summed E-state index contributed by atoms with van der Waals surface area (Å²) in [6.45, 7) is 1.19. The average molecular weight is 357 g/mol. The summed E-state index contributed by atoms with van der Waals surface area (Å²) in [5, 5.41) is 5.08. The summed E-state index contributed by atoms with van der Waals surface area (Å²) in [4.78, 5) is 21.1. The molecule has 1 saturated heterocycles. The van der Waals surface area contributed by atoms with E-state index in [0.29, 0.717) is 11.7 Å². The first kappa shape index (κ1) is 16.1. The van der Waals surface area contributed by atoms with Gasteiger partial charge in [-0.2, -0.15) is 4.39 Å². The molecule has 1 atom stereocenters. The summed E-state index contributed by atoms with van der Waals surface area (Å²) in [6.07, 6.45) is 4.98. The molecular formula is C18H16FN3O2S. The van der Waals surface area contributed by atoms with Crippen LogP contribution in [0.4, 0.5) is 9.52 Å². The second-order valence-corrected chi connectivity index (χ2v) is 7.03. The standard InChI is InChI=1S/C18H16FN3O2S/c19-16-7-14-6-11(3-4-12(14)8-20-16)15-9-21-18(25-15)22-17(23)13-2-1-5-24-10-13/h3-4,6-9,13H,1-2,5,10H2,(H,21,22,23)/t13-/m0/s1. The van der Waals surface area contributed by atoms with Crippen molar-refractivity contribution in [3.8, 4) is 10.4 Å². The molecule has 25 heavy (non-hydrogen) atoms. The molecule has 0 unspecified atom stereocenters. The Kier molecular flexibility index (Phi) is 4.42. The molecule has 3 aromatic rings. The van der Waals surface area contributed by atoms with E-state index in [1.165, 1.54) is 23.6 Å². The van der Waals surface area contributed by atoms with Gasteiger partial charge < -0.3 is 10.1 Å². The van der Waals surface area contributed by atoms with E-state index in [9.17, 15) is 9.18 Å². The van der Waals surface area contributed by atoms with Crippen molar-refractivity contribution >= 4 is 33.1 Å². The Bertz CT molecular complexity index is 922. The van der Waals surface area contributed by atoms with Crippen LogP contribution in [0.3, 0.4) is 0 Å². The molecule has 7 heteroatoms. The Hall–Kier alpha value is -2.38. The van der Waals surface area contributed by atoms with Crippen LogP contribution in [0.1, 0.15) is 12.8 Å². The fraction of sp³-hybridized carbons (Fsp3) is 0.278. The lowest BCUT2D eigenvalue weighted by atomic mass is 10.0. The maximum Gasteiger partial charge on any atom is 0.231 e. The number of ether oxygens (including phenoxy) is 1. The van der Waals surface area contributed by atoms with Gasteiger partial charge in [0.05, 0.1) is 17.4 Å². The van der Waals surface area contributed by atoms with E-state index in [1.54, 1.807) is 6.20 Å². The number of halogens is 1. The predicted octanol–water partition coefficient (Wildman–Crippen LogP) is 3.86. The van der Waals surface area contributed by atoms with Crippen LogP contribution in [-0.2, 0) is 9.53 Å². The molecule has 0 radical (unpaired) electrons. The van der Waals surface area contributed by atoms with Crippen LogP contribution in [-0.4, -0.2) is 29.1 Å². The number of carbonyl (C=O) groups excluding carboxylic acids is 1. The molecule has 0 aliphatic carbocycles. The van der Waals surface area contributed by atoms with Crippen LogP contribution in [0.2, 0.25) is 0 Å². The van der Waals surface area contributed by atoms with E-state index in [1.807, 2.05) is 18.2 Å². The van der Waals surface area contributed by atoms with Crippen LogP contribution < -0.4 is 5.32 Å². The van der Waals surface area contributed by atoms with Gasteiger partial charge in [0.2, 0.25) is 11.9 Å². The molecule has 0 spiro atoms. The molecule has 1 fully saturated rings. The number of fused-ring (bicyclic) bond motifs is 1. The number of nitrogens with zero attached hydrogens (tertiary/aromatic N) is 2. The lowest BCUT2D eigenvalue weighted by Crippen LogP contribution is -2.30. The smallest absolute Gasteiger partial charge is 0.231 e. The highest BCUT2D eigenvalue weighted by Gasteiger charge is 2.22. The Morgan fingerprint density at radius 2 is 2.16 bits per heavy atom. The SMILES string of the molecule is O=C(Nc1ncc(-c2ccc3cnc(F)cc3c2)s1)[C@H]1CCCOC1. The monoisotopic (exact) mass is 357 g/mol. The fourth-order valence-electron chi connectivity index (χ4n) is 2.89. The first-order valence-electron chi connectivity index (χ1n) is 8.09. The molecule has 1 aliphatic rings. The molecule has 1 N–H and O–H groups in total. The van der Waals surface area contributed by atoms with Gasteiger partial charge in [-0.05, 0) is 29.9 Å². The zero-order valence-electron chi connectivity index (χ0n) is 13.4. The van der Waals surface area contributed by atoms with E-state index in [0.717, 1.165) is 40.7 Å². The normalized spacial score (nSPS) is 17.6. The van der Waals surface area contributed by atoms with Crippen LogP contribution in [0.15, 0.2) is 36.7 Å². The number of aromatic nitrogens is 2. The number of rotatable bonds is 3. The van der Waals surface area contributed by atoms with E-state index in [-0.39, 0.29) is 11.8 Å². The van der Waals surface area contributed by atoms with E-state index in [2.05, 4.69) is 15.3 Å². The number of hydrogen-bond acceptors (Lipinski definition) is 5. The molecule has 1 amide bonds. The number of anilines is 1. The summed E-state index contributed by atoms with van der Waals surface area (Å²) < 4.78 is 18.7. The van der Waals surface area contributed by atoms with Crippen LogP contribution in [0.25, 0.3) is 21.2 Å². The zero-order chi connectivity index (χ0) is 17.2. The van der Waals surface area contributed by atoms with E-state index >= 15 is 0 Å². The third-order valence-corrected chi connectivity index (χ3v) is 5.20. The maximum absolute atomic E-state index is 13.3. The first-order valence-corrected chi connectivity index (χ1v) is 8.91. The number of benzene rings is 1. The van der Waals surface area contributed by atoms with Crippen molar-refractivity contribution in [1.29, 1.82) is 0 Å². The van der Waals surface area contributed by atoms with Gasteiger partial charge in [-0.25, -0.2) is 9.97 Å². The van der Waals surface area contributed by atoms with Crippen molar-refractivity contribution in [1.82, 2.24) is 9.97 Å². The highest BCUT2D eigenvalue weighted by molar-refractivity contribution is 7.19. The van der Waals surface area contributed by atoms with Gasteiger partial charge in [0.25, 0.3) is 0 Å². The van der Waals surface area contributed by atoms with Gasteiger partial charge >= 0.3 is 0 Å². The molecule has 3 heterocycles. The van der Waals surface area contributed by atoms with Crippen LogP contribution in [0.5, 0.6) is 0 Å². The minimum absolute atomic E-state index is 0.0488. The molecular weight excluding hydrogens is 341 g/mol. The van der Waals surface area contributed by atoms with Gasteiger partial charge in [-0.15, -0.1) is 0 Å².